The van der Waals surface area contributed by atoms with E-state index >= 15 is 0 Å². The minimum atomic E-state index is 0.107. The van der Waals surface area contributed by atoms with Crippen LogP contribution in [-0.4, -0.2) is 31.2 Å². The Balaban J connectivity index is 1.68. The average Bonchev–Trinajstić information content (AvgIpc) is 2.43. The highest BCUT2D eigenvalue weighted by molar-refractivity contribution is 5.79. The van der Waals surface area contributed by atoms with E-state index in [0.29, 0.717) is 12.0 Å². The molecule has 1 aliphatic carbocycles. The number of ether oxygens (including phenoxy) is 1. The molecule has 4 atom stereocenters. The van der Waals surface area contributed by atoms with Crippen LogP contribution in [0.2, 0.25) is 0 Å². The Hall–Kier alpha value is -0.610. The van der Waals surface area contributed by atoms with Gasteiger partial charge in [0.05, 0.1) is 6.10 Å². The summed E-state index contributed by atoms with van der Waals surface area (Å²) in [5.41, 5.74) is 6.05. The fourth-order valence-corrected chi connectivity index (χ4v) is 3.29. The molecule has 1 heterocycles. The predicted octanol–water partition coefficient (Wildman–Crippen LogP) is 1.83. The van der Waals surface area contributed by atoms with Crippen molar-refractivity contribution in [3.05, 3.63) is 0 Å². The maximum atomic E-state index is 12.2. The van der Waals surface area contributed by atoms with Gasteiger partial charge in [0.15, 0.2) is 0 Å². The van der Waals surface area contributed by atoms with Crippen molar-refractivity contribution < 1.29 is 9.53 Å². The van der Waals surface area contributed by atoms with Crippen LogP contribution >= 0.6 is 0 Å². The van der Waals surface area contributed by atoms with Gasteiger partial charge in [-0.3, -0.25) is 4.79 Å². The molecule has 0 radical (unpaired) electrons. The Kier molecular flexibility index (Phi) is 5.64. The zero-order valence-electron chi connectivity index (χ0n) is 12.1. The molecule has 1 saturated heterocycles. The standard InChI is InChI=1S/C15H28N2O2/c1-11-13(6-4-7-14(11)16)15(18)17-9-8-12-5-2-3-10-19-12/h11-14H,2-10,16H2,1H3,(H,17,18). The first-order valence-corrected chi connectivity index (χ1v) is 7.83. The lowest BCUT2D eigenvalue weighted by molar-refractivity contribution is -0.128. The lowest BCUT2D eigenvalue weighted by Crippen LogP contribution is -2.44. The minimum Gasteiger partial charge on any atom is -0.378 e. The molecular weight excluding hydrogens is 240 g/mol. The number of carbonyl (C=O) groups is 1. The normalized spacial score (nSPS) is 35.9. The molecule has 1 amide bonds. The molecule has 110 valence electrons. The van der Waals surface area contributed by atoms with E-state index in [4.69, 9.17) is 10.5 Å². The Bertz CT molecular complexity index is 290. The van der Waals surface area contributed by atoms with E-state index in [9.17, 15) is 4.79 Å². The van der Waals surface area contributed by atoms with Gasteiger partial charge >= 0.3 is 0 Å². The Morgan fingerprint density at radius 2 is 2.11 bits per heavy atom. The summed E-state index contributed by atoms with van der Waals surface area (Å²) in [7, 11) is 0. The molecule has 1 saturated carbocycles. The van der Waals surface area contributed by atoms with Gasteiger partial charge in [-0.25, -0.2) is 0 Å². The number of carbonyl (C=O) groups excluding carboxylic acids is 1. The van der Waals surface area contributed by atoms with Crippen molar-refractivity contribution in [1.82, 2.24) is 5.32 Å². The second kappa shape index (κ2) is 7.25. The SMILES string of the molecule is CC1C(N)CCCC1C(=O)NCCC1CCCCO1. The summed E-state index contributed by atoms with van der Waals surface area (Å²) in [5.74, 6) is 0.606. The van der Waals surface area contributed by atoms with Crippen molar-refractivity contribution in [1.29, 1.82) is 0 Å². The van der Waals surface area contributed by atoms with Gasteiger partial charge in [-0.05, 0) is 44.4 Å². The van der Waals surface area contributed by atoms with E-state index in [1.54, 1.807) is 0 Å². The van der Waals surface area contributed by atoms with Gasteiger partial charge in [0, 0.05) is 25.1 Å². The first kappa shape index (κ1) is 14.8. The number of nitrogens with two attached hydrogens (primary N) is 1. The van der Waals surface area contributed by atoms with Crippen LogP contribution in [0, 0.1) is 11.8 Å². The van der Waals surface area contributed by atoms with Gasteiger partial charge in [0.25, 0.3) is 0 Å². The second-order valence-corrected chi connectivity index (χ2v) is 6.13. The summed E-state index contributed by atoms with van der Waals surface area (Å²) >= 11 is 0. The third kappa shape index (κ3) is 4.18. The van der Waals surface area contributed by atoms with E-state index in [1.165, 1.54) is 12.8 Å². The summed E-state index contributed by atoms with van der Waals surface area (Å²) in [6, 6.07) is 0.186. The van der Waals surface area contributed by atoms with E-state index in [1.807, 2.05) is 0 Å². The maximum absolute atomic E-state index is 12.2. The quantitative estimate of drug-likeness (QED) is 0.817. The molecule has 3 N–H and O–H groups in total. The van der Waals surface area contributed by atoms with Crippen molar-refractivity contribution in [2.45, 2.75) is 64.0 Å². The van der Waals surface area contributed by atoms with E-state index in [-0.39, 0.29) is 17.9 Å². The van der Waals surface area contributed by atoms with Crippen LogP contribution in [0.4, 0.5) is 0 Å². The summed E-state index contributed by atoms with van der Waals surface area (Å²) in [4.78, 5) is 12.2. The van der Waals surface area contributed by atoms with Crippen molar-refractivity contribution in [3.8, 4) is 0 Å². The van der Waals surface area contributed by atoms with Crippen LogP contribution < -0.4 is 11.1 Å². The van der Waals surface area contributed by atoms with Crippen molar-refractivity contribution >= 4 is 5.91 Å². The topological polar surface area (TPSA) is 64.4 Å². The smallest absolute Gasteiger partial charge is 0.223 e. The number of nitrogens with one attached hydrogen (secondary N) is 1. The van der Waals surface area contributed by atoms with Crippen LogP contribution in [0.1, 0.15) is 51.9 Å². The molecular formula is C15H28N2O2. The van der Waals surface area contributed by atoms with E-state index in [2.05, 4.69) is 12.2 Å². The predicted molar refractivity (Wildman–Crippen MR) is 75.7 cm³/mol. The van der Waals surface area contributed by atoms with Crippen LogP contribution in [0.25, 0.3) is 0 Å². The van der Waals surface area contributed by atoms with Gasteiger partial charge in [-0.15, -0.1) is 0 Å². The fourth-order valence-electron chi connectivity index (χ4n) is 3.29. The molecule has 0 aromatic carbocycles. The third-order valence-electron chi connectivity index (χ3n) is 4.74. The van der Waals surface area contributed by atoms with Crippen molar-refractivity contribution in [2.75, 3.05) is 13.2 Å². The summed E-state index contributed by atoms with van der Waals surface area (Å²) < 4.78 is 5.67. The molecule has 0 aromatic rings. The molecule has 0 spiro atoms. The Morgan fingerprint density at radius 3 is 2.84 bits per heavy atom. The molecule has 0 aromatic heterocycles. The van der Waals surface area contributed by atoms with Gasteiger partial charge in [-0.1, -0.05) is 13.3 Å². The monoisotopic (exact) mass is 268 g/mol. The average molecular weight is 268 g/mol. The molecule has 4 nitrogen and oxygen atoms in total. The second-order valence-electron chi connectivity index (χ2n) is 6.13. The fraction of sp³-hybridized carbons (Fsp3) is 0.933. The number of hydrogen-bond donors (Lipinski definition) is 2. The highest BCUT2D eigenvalue weighted by Gasteiger charge is 2.32. The molecule has 2 rings (SSSR count). The van der Waals surface area contributed by atoms with Crippen LogP contribution in [0.5, 0.6) is 0 Å². The molecule has 0 bridgehead atoms. The maximum Gasteiger partial charge on any atom is 0.223 e. The molecule has 2 aliphatic rings. The first-order chi connectivity index (χ1) is 9.18. The Labute approximate surface area is 116 Å². The lowest BCUT2D eigenvalue weighted by Gasteiger charge is -2.33. The lowest BCUT2D eigenvalue weighted by atomic mass is 9.77. The van der Waals surface area contributed by atoms with Gasteiger partial charge in [0.2, 0.25) is 5.91 Å². The highest BCUT2D eigenvalue weighted by atomic mass is 16.5. The zero-order chi connectivity index (χ0) is 13.7. The third-order valence-corrected chi connectivity index (χ3v) is 4.74. The van der Waals surface area contributed by atoms with Crippen LogP contribution in [-0.2, 0) is 9.53 Å². The molecule has 2 fully saturated rings. The summed E-state index contributed by atoms with van der Waals surface area (Å²) in [6.07, 6.45) is 7.99. The molecule has 4 heteroatoms. The Morgan fingerprint density at radius 1 is 1.26 bits per heavy atom. The first-order valence-electron chi connectivity index (χ1n) is 7.83. The van der Waals surface area contributed by atoms with Gasteiger partial charge < -0.3 is 15.8 Å². The van der Waals surface area contributed by atoms with E-state index in [0.717, 1.165) is 45.3 Å². The molecule has 1 aliphatic heterocycles. The van der Waals surface area contributed by atoms with Gasteiger partial charge in [-0.2, -0.15) is 0 Å². The van der Waals surface area contributed by atoms with Crippen molar-refractivity contribution in [2.24, 2.45) is 17.6 Å². The van der Waals surface area contributed by atoms with Crippen LogP contribution in [0.3, 0.4) is 0 Å². The highest BCUT2D eigenvalue weighted by Crippen LogP contribution is 2.29. The largest absolute Gasteiger partial charge is 0.378 e. The number of hydrogen-bond acceptors (Lipinski definition) is 3. The number of rotatable bonds is 4. The summed E-state index contributed by atoms with van der Waals surface area (Å²) in [5, 5.41) is 3.08. The van der Waals surface area contributed by atoms with E-state index < -0.39 is 0 Å². The molecule has 4 unspecified atom stereocenters. The number of amides is 1. The minimum absolute atomic E-state index is 0.107. The van der Waals surface area contributed by atoms with Crippen molar-refractivity contribution in [3.63, 3.8) is 0 Å². The molecule has 19 heavy (non-hydrogen) atoms. The zero-order valence-corrected chi connectivity index (χ0v) is 12.1. The summed E-state index contributed by atoms with van der Waals surface area (Å²) in [6.45, 7) is 3.73. The van der Waals surface area contributed by atoms with Gasteiger partial charge in [0.1, 0.15) is 0 Å². The van der Waals surface area contributed by atoms with Crippen LogP contribution in [0.15, 0.2) is 0 Å².